The molecule has 0 unspecified atom stereocenters. The molecule has 1 aromatic heterocycles. The second kappa shape index (κ2) is 5.48. The Morgan fingerprint density at radius 1 is 1.04 bits per heavy atom. The fourth-order valence-electron chi connectivity index (χ4n) is 3.52. The lowest BCUT2D eigenvalue weighted by atomic mass is 9.87. The van der Waals surface area contributed by atoms with Gasteiger partial charge in [0.2, 0.25) is 5.91 Å². The van der Waals surface area contributed by atoms with E-state index in [9.17, 15) is 4.79 Å². The summed E-state index contributed by atoms with van der Waals surface area (Å²) in [6.45, 7) is 6.57. The first-order valence-electron chi connectivity index (χ1n) is 8.89. The number of para-hydroxylation sites is 1. The highest BCUT2D eigenvalue weighted by atomic mass is 16.2. The van der Waals surface area contributed by atoms with E-state index in [1.165, 1.54) is 5.56 Å². The predicted molar refractivity (Wildman–Crippen MR) is 103 cm³/mol. The van der Waals surface area contributed by atoms with Crippen LogP contribution >= 0.6 is 0 Å². The largest absolute Gasteiger partial charge is 0.361 e. The number of aromatic nitrogens is 1. The van der Waals surface area contributed by atoms with E-state index in [1.54, 1.807) is 0 Å². The normalized spacial score (nSPS) is 16.0. The smallest absolute Gasteiger partial charge is 0.235 e. The van der Waals surface area contributed by atoms with Gasteiger partial charge in [-0.15, -0.1) is 0 Å². The van der Waals surface area contributed by atoms with Gasteiger partial charge in [0, 0.05) is 22.8 Å². The van der Waals surface area contributed by atoms with Crippen molar-refractivity contribution in [3.63, 3.8) is 0 Å². The molecule has 2 aromatic carbocycles. The zero-order valence-electron chi connectivity index (χ0n) is 15.0. The molecule has 0 aliphatic heterocycles. The van der Waals surface area contributed by atoms with Gasteiger partial charge in [0.25, 0.3) is 0 Å². The van der Waals surface area contributed by atoms with Crippen molar-refractivity contribution in [2.75, 3.05) is 5.32 Å². The third kappa shape index (κ3) is 2.74. The van der Waals surface area contributed by atoms with Crippen LogP contribution in [0, 0.1) is 0 Å². The van der Waals surface area contributed by atoms with E-state index in [0.717, 1.165) is 35.0 Å². The maximum absolute atomic E-state index is 13.0. The Kier molecular flexibility index (Phi) is 3.50. The van der Waals surface area contributed by atoms with Crippen LogP contribution in [0.5, 0.6) is 0 Å². The number of hydrogen-bond acceptors (Lipinski definition) is 1. The average molecular weight is 332 g/mol. The highest BCUT2D eigenvalue weighted by Gasteiger charge is 2.52. The summed E-state index contributed by atoms with van der Waals surface area (Å²) in [6.07, 6.45) is 3.81. The lowest BCUT2D eigenvalue weighted by Gasteiger charge is -2.20. The molecule has 4 rings (SSSR count). The van der Waals surface area contributed by atoms with Crippen molar-refractivity contribution in [2.24, 2.45) is 0 Å². The number of nitrogens with one attached hydrogen (secondary N) is 2. The summed E-state index contributed by atoms with van der Waals surface area (Å²) in [5.41, 5.74) is 4.07. The minimum atomic E-state index is -0.387. The van der Waals surface area contributed by atoms with Crippen LogP contribution in [-0.4, -0.2) is 10.9 Å². The molecule has 2 N–H and O–H groups in total. The van der Waals surface area contributed by atoms with Gasteiger partial charge in [-0.1, -0.05) is 51.1 Å². The van der Waals surface area contributed by atoms with Crippen molar-refractivity contribution >= 4 is 22.5 Å². The van der Waals surface area contributed by atoms with E-state index in [2.05, 4.69) is 55.3 Å². The molecular formula is C22H24N2O. The number of H-pyrrole nitrogens is 1. The van der Waals surface area contributed by atoms with Crippen LogP contribution in [0.15, 0.2) is 54.7 Å². The second-order valence-corrected chi connectivity index (χ2v) is 8.11. The lowest BCUT2D eigenvalue weighted by Crippen LogP contribution is -2.27. The Bertz CT molecular complexity index is 925. The fourth-order valence-corrected chi connectivity index (χ4v) is 3.52. The molecule has 1 fully saturated rings. The van der Waals surface area contributed by atoms with Crippen molar-refractivity contribution in [2.45, 2.75) is 44.4 Å². The van der Waals surface area contributed by atoms with Crippen molar-refractivity contribution in [1.29, 1.82) is 0 Å². The van der Waals surface area contributed by atoms with Gasteiger partial charge in [0.15, 0.2) is 0 Å². The van der Waals surface area contributed by atoms with Crippen LogP contribution < -0.4 is 5.32 Å². The van der Waals surface area contributed by atoms with Gasteiger partial charge in [0.05, 0.1) is 5.41 Å². The van der Waals surface area contributed by atoms with Crippen LogP contribution in [0.1, 0.15) is 44.7 Å². The second-order valence-electron chi connectivity index (χ2n) is 8.11. The number of anilines is 1. The summed E-state index contributed by atoms with van der Waals surface area (Å²) < 4.78 is 0. The van der Waals surface area contributed by atoms with E-state index in [0.29, 0.717) is 0 Å². The Labute approximate surface area is 148 Å². The molecule has 0 saturated heterocycles. The molecule has 1 aliphatic rings. The van der Waals surface area contributed by atoms with Crippen LogP contribution in [0.3, 0.4) is 0 Å². The number of fused-ring (bicyclic) bond motifs is 1. The van der Waals surface area contributed by atoms with Crippen LogP contribution in [-0.2, 0) is 15.6 Å². The Morgan fingerprint density at radius 2 is 1.72 bits per heavy atom. The first-order chi connectivity index (χ1) is 11.9. The maximum Gasteiger partial charge on any atom is 0.235 e. The Morgan fingerprint density at radius 3 is 2.36 bits per heavy atom. The predicted octanol–water partition coefficient (Wildman–Crippen LogP) is 5.14. The van der Waals surface area contributed by atoms with Gasteiger partial charge >= 0.3 is 0 Å². The molecule has 3 aromatic rings. The number of rotatable bonds is 3. The molecule has 0 bridgehead atoms. The molecule has 0 atom stereocenters. The molecular weight excluding hydrogens is 308 g/mol. The minimum absolute atomic E-state index is 0.0979. The molecule has 128 valence electrons. The Balaban J connectivity index is 1.59. The molecule has 0 spiro atoms. The lowest BCUT2D eigenvalue weighted by molar-refractivity contribution is -0.118. The number of hydrogen-bond donors (Lipinski definition) is 2. The molecule has 0 radical (unpaired) electrons. The minimum Gasteiger partial charge on any atom is -0.361 e. The summed E-state index contributed by atoms with van der Waals surface area (Å²) in [7, 11) is 0. The number of benzene rings is 2. The molecule has 25 heavy (non-hydrogen) atoms. The van der Waals surface area contributed by atoms with Crippen molar-refractivity contribution in [3.05, 3.63) is 65.9 Å². The van der Waals surface area contributed by atoms with E-state index < -0.39 is 0 Å². The molecule has 1 aliphatic carbocycles. The number of amides is 1. The van der Waals surface area contributed by atoms with Gasteiger partial charge in [-0.3, -0.25) is 4.79 Å². The monoisotopic (exact) mass is 332 g/mol. The zero-order valence-corrected chi connectivity index (χ0v) is 15.0. The van der Waals surface area contributed by atoms with Gasteiger partial charge in [-0.2, -0.15) is 0 Å². The zero-order chi connectivity index (χ0) is 17.7. The van der Waals surface area contributed by atoms with Gasteiger partial charge < -0.3 is 10.3 Å². The highest BCUT2D eigenvalue weighted by Crippen LogP contribution is 2.51. The van der Waals surface area contributed by atoms with Crippen LogP contribution in [0.25, 0.3) is 10.9 Å². The van der Waals surface area contributed by atoms with Gasteiger partial charge in [-0.25, -0.2) is 0 Å². The third-order valence-corrected chi connectivity index (χ3v) is 5.30. The quantitative estimate of drug-likeness (QED) is 0.685. The third-order valence-electron chi connectivity index (χ3n) is 5.30. The van der Waals surface area contributed by atoms with E-state index >= 15 is 0 Å². The van der Waals surface area contributed by atoms with Crippen molar-refractivity contribution < 1.29 is 4.79 Å². The standard InChI is InChI=1S/C22H24N2O/c1-21(2,3)15-8-10-16(11-9-15)24-20(25)22(12-13-22)18-14-23-19-7-5-4-6-17(18)19/h4-11,14,23H,12-13H2,1-3H3,(H,24,25). The van der Waals surface area contributed by atoms with E-state index in [-0.39, 0.29) is 16.7 Å². The molecule has 3 heteroatoms. The first-order valence-corrected chi connectivity index (χ1v) is 8.89. The van der Waals surface area contributed by atoms with Crippen molar-refractivity contribution in [3.8, 4) is 0 Å². The van der Waals surface area contributed by atoms with Gasteiger partial charge in [0.1, 0.15) is 0 Å². The maximum atomic E-state index is 13.0. The first kappa shape index (κ1) is 15.9. The van der Waals surface area contributed by atoms with Crippen LogP contribution in [0.2, 0.25) is 0 Å². The number of carbonyl (C=O) groups excluding carboxylic acids is 1. The SMILES string of the molecule is CC(C)(C)c1ccc(NC(=O)C2(c3c[nH]c4ccccc34)CC2)cc1. The summed E-state index contributed by atoms with van der Waals surface area (Å²) in [6, 6.07) is 16.4. The summed E-state index contributed by atoms with van der Waals surface area (Å²) >= 11 is 0. The molecule has 1 heterocycles. The number of aromatic amines is 1. The molecule has 3 nitrogen and oxygen atoms in total. The van der Waals surface area contributed by atoms with Crippen molar-refractivity contribution in [1.82, 2.24) is 4.98 Å². The summed E-state index contributed by atoms with van der Waals surface area (Å²) in [5, 5.41) is 4.27. The number of carbonyl (C=O) groups is 1. The highest BCUT2D eigenvalue weighted by molar-refractivity contribution is 6.04. The Hall–Kier alpha value is -2.55. The molecule has 1 amide bonds. The fraction of sp³-hybridized carbons (Fsp3) is 0.318. The topological polar surface area (TPSA) is 44.9 Å². The van der Waals surface area contributed by atoms with Crippen LogP contribution in [0.4, 0.5) is 5.69 Å². The van der Waals surface area contributed by atoms with E-state index in [4.69, 9.17) is 0 Å². The summed E-state index contributed by atoms with van der Waals surface area (Å²) in [4.78, 5) is 16.3. The average Bonchev–Trinajstić information content (AvgIpc) is 3.28. The van der Waals surface area contributed by atoms with E-state index in [1.807, 2.05) is 30.5 Å². The molecule has 1 saturated carbocycles. The van der Waals surface area contributed by atoms with Gasteiger partial charge in [-0.05, 0) is 47.6 Å². The summed E-state index contributed by atoms with van der Waals surface area (Å²) in [5.74, 6) is 0.0979.